The van der Waals surface area contributed by atoms with Gasteiger partial charge in [-0.3, -0.25) is 4.79 Å². The molecule has 0 fully saturated rings. The van der Waals surface area contributed by atoms with E-state index in [1.807, 2.05) is 31.2 Å². The number of amides is 1. The monoisotopic (exact) mass is 454 g/mol. The lowest BCUT2D eigenvalue weighted by Gasteiger charge is -2.22. The molecule has 1 amide bonds. The average Bonchev–Trinajstić information content (AvgIpc) is 2.63. The number of halogens is 1. The van der Waals surface area contributed by atoms with Crippen molar-refractivity contribution in [3.63, 3.8) is 0 Å². The Morgan fingerprint density at radius 2 is 1.74 bits per heavy atom. The summed E-state index contributed by atoms with van der Waals surface area (Å²) in [7, 11) is -2.30. The fraction of sp³-hybridized carbons (Fsp3) is 0.316. The van der Waals surface area contributed by atoms with E-state index in [2.05, 4.69) is 21.2 Å². The zero-order valence-electron chi connectivity index (χ0n) is 15.3. The first kappa shape index (κ1) is 21.6. The number of nitrogens with one attached hydrogen (secondary N) is 1. The van der Waals surface area contributed by atoms with Crippen molar-refractivity contribution in [3.8, 4) is 0 Å². The SMILES string of the molecule is COCCNC(=O)CN(Cc1ccc(C)cc1)S(=O)(=O)c1ccc(Br)cc1. The van der Waals surface area contributed by atoms with Crippen LogP contribution in [0.25, 0.3) is 0 Å². The highest BCUT2D eigenvalue weighted by molar-refractivity contribution is 9.10. The van der Waals surface area contributed by atoms with Crippen LogP contribution in [0.1, 0.15) is 11.1 Å². The maximum absolute atomic E-state index is 13.1. The number of ether oxygens (including phenoxy) is 1. The van der Waals surface area contributed by atoms with Crippen molar-refractivity contribution in [2.75, 3.05) is 26.8 Å². The van der Waals surface area contributed by atoms with Crippen molar-refractivity contribution in [2.45, 2.75) is 18.4 Å². The number of hydrogen-bond donors (Lipinski definition) is 1. The van der Waals surface area contributed by atoms with Crippen LogP contribution in [0.2, 0.25) is 0 Å². The van der Waals surface area contributed by atoms with E-state index in [0.29, 0.717) is 13.2 Å². The fourth-order valence-corrected chi connectivity index (χ4v) is 4.04. The van der Waals surface area contributed by atoms with Gasteiger partial charge in [-0.15, -0.1) is 0 Å². The second kappa shape index (κ2) is 9.98. The Morgan fingerprint density at radius 3 is 2.33 bits per heavy atom. The Labute approximate surface area is 168 Å². The van der Waals surface area contributed by atoms with E-state index in [1.165, 1.54) is 23.5 Å². The van der Waals surface area contributed by atoms with Gasteiger partial charge in [0.2, 0.25) is 15.9 Å². The summed E-state index contributed by atoms with van der Waals surface area (Å²) in [6, 6.07) is 13.9. The van der Waals surface area contributed by atoms with Crippen LogP contribution in [0.5, 0.6) is 0 Å². The molecule has 0 aliphatic rings. The highest BCUT2D eigenvalue weighted by atomic mass is 79.9. The van der Waals surface area contributed by atoms with Crippen LogP contribution < -0.4 is 5.32 Å². The van der Waals surface area contributed by atoms with Gasteiger partial charge < -0.3 is 10.1 Å². The summed E-state index contributed by atoms with van der Waals surface area (Å²) in [5.41, 5.74) is 1.89. The van der Waals surface area contributed by atoms with E-state index in [1.54, 1.807) is 12.1 Å². The number of methoxy groups -OCH3 is 1. The van der Waals surface area contributed by atoms with E-state index in [4.69, 9.17) is 4.74 Å². The van der Waals surface area contributed by atoms with Crippen LogP contribution in [0.15, 0.2) is 57.9 Å². The quantitative estimate of drug-likeness (QED) is 0.590. The maximum atomic E-state index is 13.1. The van der Waals surface area contributed by atoms with Gasteiger partial charge in [-0.05, 0) is 36.8 Å². The Kier molecular flexibility index (Phi) is 7.97. The summed E-state index contributed by atoms with van der Waals surface area (Å²) in [5.74, 6) is -0.375. The standard InChI is InChI=1S/C19H23BrN2O4S/c1-15-3-5-16(6-4-15)13-22(14-19(23)21-11-12-26-2)27(24,25)18-9-7-17(20)8-10-18/h3-10H,11-14H2,1-2H3,(H,21,23). The number of carbonyl (C=O) groups is 1. The third kappa shape index (κ3) is 6.42. The average molecular weight is 455 g/mol. The molecule has 146 valence electrons. The zero-order valence-corrected chi connectivity index (χ0v) is 17.7. The Bertz CT molecular complexity index is 852. The third-order valence-electron chi connectivity index (χ3n) is 3.88. The number of benzene rings is 2. The fourth-order valence-electron chi connectivity index (χ4n) is 2.39. The Morgan fingerprint density at radius 1 is 1.11 bits per heavy atom. The molecule has 0 bridgehead atoms. The van der Waals surface area contributed by atoms with E-state index >= 15 is 0 Å². The van der Waals surface area contributed by atoms with Gasteiger partial charge in [0.1, 0.15) is 0 Å². The molecule has 0 saturated heterocycles. The predicted octanol–water partition coefficient (Wildman–Crippen LogP) is 2.71. The second-order valence-electron chi connectivity index (χ2n) is 6.06. The third-order valence-corrected chi connectivity index (χ3v) is 6.21. The summed E-state index contributed by atoms with van der Waals surface area (Å²) in [6.07, 6.45) is 0. The van der Waals surface area contributed by atoms with Crippen LogP contribution in [-0.2, 0) is 26.1 Å². The first-order chi connectivity index (χ1) is 12.8. The number of carbonyl (C=O) groups excluding carboxylic acids is 1. The van der Waals surface area contributed by atoms with Crippen LogP contribution in [-0.4, -0.2) is 45.4 Å². The first-order valence-corrected chi connectivity index (χ1v) is 10.6. The molecule has 27 heavy (non-hydrogen) atoms. The largest absolute Gasteiger partial charge is 0.383 e. The Balaban J connectivity index is 2.25. The molecule has 0 atom stereocenters. The summed E-state index contributed by atoms with van der Waals surface area (Å²) >= 11 is 3.30. The number of sulfonamides is 1. The lowest BCUT2D eigenvalue weighted by atomic mass is 10.1. The summed E-state index contributed by atoms with van der Waals surface area (Å²) in [5, 5.41) is 2.66. The number of aryl methyl sites for hydroxylation is 1. The van der Waals surface area contributed by atoms with Crippen LogP contribution in [0.3, 0.4) is 0 Å². The summed E-state index contributed by atoms with van der Waals surface area (Å²) < 4.78 is 33.0. The predicted molar refractivity (Wildman–Crippen MR) is 108 cm³/mol. The van der Waals surface area contributed by atoms with Gasteiger partial charge in [0.15, 0.2) is 0 Å². The molecule has 1 N–H and O–H groups in total. The van der Waals surface area contributed by atoms with Gasteiger partial charge in [0, 0.05) is 24.7 Å². The molecule has 6 nitrogen and oxygen atoms in total. The normalized spacial score (nSPS) is 11.6. The van der Waals surface area contributed by atoms with Gasteiger partial charge >= 0.3 is 0 Å². The molecule has 0 aromatic heterocycles. The van der Waals surface area contributed by atoms with Crippen LogP contribution in [0.4, 0.5) is 0 Å². The number of hydrogen-bond acceptors (Lipinski definition) is 4. The molecule has 2 rings (SSSR count). The molecular formula is C19H23BrN2O4S. The van der Waals surface area contributed by atoms with Gasteiger partial charge in [0.25, 0.3) is 0 Å². The minimum absolute atomic E-state index is 0.108. The molecule has 8 heteroatoms. The lowest BCUT2D eigenvalue weighted by Crippen LogP contribution is -2.41. The maximum Gasteiger partial charge on any atom is 0.243 e. The molecule has 0 heterocycles. The lowest BCUT2D eigenvalue weighted by molar-refractivity contribution is -0.121. The van der Waals surface area contributed by atoms with E-state index in [0.717, 1.165) is 15.6 Å². The molecule has 0 aliphatic carbocycles. The van der Waals surface area contributed by atoms with Gasteiger partial charge in [0.05, 0.1) is 18.0 Å². The summed E-state index contributed by atoms with van der Waals surface area (Å²) in [6.45, 7) is 2.49. The van der Waals surface area contributed by atoms with Crippen molar-refractivity contribution >= 4 is 31.9 Å². The number of rotatable bonds is 9. The van der Waals surface area contributed by atoms with Crippen LogP contribution in [0, 0.1) is 6.92 Å². The minimum Gasteiger partial charge on any atom is -0.383 e. The minimum atomic E-state index is -3.83. The van der Waals surface area contributed by atoms with Crippen molar-refractivity contribution in [3.05, 3.63) is 64.1 Å². The highest BCUT2D eigenvalue weighted by Crippen LogP contribution is 2.21. The molecule has 0 spiro atoms. The molecule has 0 radical (unpaired) electrons. The van der Waals surface area contributed by atoms with E-state index in [-0.39, 0.29) is 23.9 Å². The molecule has 0 aliphatic heterocycles. The molecule has 0 saturated carbocycles. The van der Waals surface area contributed by atoms with E-state index < -0.39 is 10.0 Å². The highest BCUT2D eigenvalue weighted by Gasteiger charge is 2.26. The smallest absolute Gasteiger partial charge is 0.243 e. The first-order valence-electron chi connectivity index (χ1n) is 8.40. The van der Waals surface area contributed by atoms with Crippen molar-refractivity contribution in [2.24, 2.45) is 0 Å². The van der Waals surface area contributed by atoms with Crippen molar-refractivity contribution < 1.29 is 17.9 Å². The molecule has 0 unspecified atom stereocenters. The summed E-state index contributed by atoms with van der Waals surface area (Å²) in [4.78, 5) is 12.4. The van der Waals surface area contributed by atoms with Crippen LogP contribution >= 0.6 is 15.9 Å². The second-order valence-corrected chi connectivity index (χ2v) is 8.91. The van der Waals surface area contributed by atoms with Crippen molar-refractivity contribution in [1.82, 2.24) is 9.62 Å². The van der Waals surface area contributed by atoms with Gasteiger partial charge in [-0.2, -0.15) is 4.31 Å². The van der Waals surface area contributed by atoms with Gasteiger partial charge in [-0.1, -0.05) is 45.8 Å². The molecule has 2 aromatic carbocycles. The van der Waals surface area contributed by atoms with Gasteiger partial charge in [-0.25, -0.2) is 8.42 Å². The zero-order chi connectivity index (χ0) is 19.9. The molecular weight excluding hydrogens is 432 g/mol. The Hall–Kier alpha value is -1.74. The molecule has 2 aromatic rings. The van der Waals surface area contributed by atoms with E-state index in [9.17, 15) is 13.2 Å². The number of nitrogens with zero attached hydrogens (tertiary/aromatic N) is 1. The topological polar surface area (TPSA) is 75.7 Å². The van der Waals surface area contributed by atoms with Crippen molar-refractivity contribution in [1.29, 1.82) is 0 Å².